The third-order valence-electron chi connectivity index (χ3n) is 6.42. The molecule has 32 heavy (non-hydrogen) atoms. The Kier molecular flexibility index (Phi) is 3.58. The van der Waals surface area contributed by atoms with Crippen molar-refractivity contribution in [3.05, 3.63) is 109 Å². The van der Waals surface area contributed by atoms with Crippen LogP contribution in [-0.4, -0.2) is 4.98 Å². The van der Waals surface area contributed by atoms with Crippen LogP contribution in [0.1, 0.15) is 0 Å². The largest absolute Gasteiger partial charge is 0.455 e. The van der Waals surface area contributed by atoms with E-state index in [1.807, 2.05) is 0 Å². The van der Waals surface area contributed by atoms with Crippen molar-refractivity contribution in [3.8, 4) is 22.3 Å². The fraction of sp³-hybridized carbons (Fsp3) is 0. The van der Waals surface area contributed by atoms with Crippen LogP contribution in [0.2, 0.25) is 0 Å². The lowest BCUT2D eigenvalue weighted by Gasteiger charge is -2.03. The fourth-order valence-corrected chi connectivity index (χ4v) is 4.93. The van der Waals surface area contributed by atoms with Gasteiger partial charge < -0.3 is 9.40 Å². The Bertz CT molecular complexity index is 1760. The SMILES string of the molecule is c1ccc(-c2ccc3[nH]c4ccc5c(oc6cccc(-c7ccccc7)c65)c4c3c2)cc1. The van der Waals surface area contributed by atoms with Gasteiger partial charge in [-0.2, -0.15) is 0 Å². The molecule has 0 unspecified atom stereocenters. The summed E-state index contributed by atoms with van der Waals surface area (Å²) in [6.07, 6.45) is 0. The number of rotatable bonds is 2. The van der Waals surface area contributed by atoms with E-state index in [4.69, 9.17) is 4.42 Å². The van der Waals surface area contributed by atoms with Gasteiger partial charge in [0.15, 0.2) is 0 Å². The molecule has 1 N–H and O–H groups in total. The maximum Gasteiger partial charge on any atom is 0.145 e. The first kappa shape index (κ1) is 17.4. The second-order valence-corrected chi connectivity index (χ2v) is 8.26. The zero-order valence-electron chi connectivity index (χ0n) is 17.3. The Morgan fingerprint density at radius 3 is 2.06 bits per heavy atom. The number of fused-ring (bicyclic) bond motifs is 7. The van der Waals surface area contributed by atoms with Crippen LogP contribution >= 0.6 is 0 Å². The van der Waals surface area contributed by atoms with Crippen LogP contribution in [0.3, 0.4) is 0 Å². The average molecular weight is 409 g/mol. The number of hydrogen-bond donors (Lipinski definition) is 1. The van der Waals surface area contributed by atoms with Gasteiger partial charge in [-0.3, -0.25) is 0 Å². The summed E-state index contributed by atoms with van der Waals surface area (Å²) in [7, 11) is 0. The molecule has 0 atom stereocenters. The van der Waals surface area contributed by atoms with Crippen molar-refractivity contribution >= 4 is 43.7 Å². The maximum absolute atomic E-state index is 6.52. The second kappa shape index (κ2) is 6.60. The van der Waals surface area contributed by atoms with Gasteiger partial charge >= 0.3 is 0 Å². The summed E-state index contributed by atoms with van der Waals surface area (Å²) in [5.41, 5.74) is 8.90. The van der Waals surface area contributed by atoms with E-state index in [2.05, 4.69) is 114 Å². The molecule has 2 aromatic heterocycles. The lowest BCUT2D eigenvalue weighted by Crippen LogP contribution is -1.78. The summed E-state index contributed by atoms with van der Waals surface area (Å²) < 4.78 is 6.52. The highest BCUT2D eigenvalue weighted by Gasteiger charge is 2.17. The monoisotopic (exact) mass is 409 g/mol. The van der Waals surface area contributed by atoms with Crippen molar-refractivity contribution < 1.29 is 4.42 Å². The minimum Gasteiger partial charge on any atom is -0.455 e. The van der Waals surface area contributed by atoms with Crippen LogP contribution in [0.5, 0.6) is 0 Å². The standard InChI is InChI=1S/C30H19NO/c1-3-8-19(9-4-1)21-14-16-25-24(18-21)29-26(31-25)17-15-23-28-22(20-10-5-2-6-11-20)12-7-13-27(28)32-30(23)29/h1-18,31H. The number of aromatic nitrogens is 1. The molecule has 2 nitrogen and oxygen atoms in total. The maximum atomic E-state index is 6.52. The Labute approximate surface area is 184 Å². The van der Waals surface area contributed by atoms with Crippen LogP contribution in [0, 0.1) is 0 Å². The number of hydrogen-bond acceptors (Lipinski definition) is 1. The van der Waals surface area contributed by atoms with Crippen molar-refractivity contribution in [3.63, 3.8) is 0 Å². The Balaban J connectivity index is 1.58. The molecule has 2 heteroatoms. The third kappa shape index (κ3) is 2.47. The number of nitrogens with one attached hydrogen (secondary N) is 1. The number of H-pyrrole nitrogens is 1. The average Bonchev–Trinajstić information content (AvgIpc) is 3.42. The zero-order chi connectivity index (χ0) is 21.1. The topological polar surface area (TPSA) is 28.9 Å². The summed E-state index contributed by atoms with van der Waals surface area (Å²) in [5, 5.41) is 4.65. The zero-order valence-corrected chi connectivity index (χ0v) is 17.3. The van der Waals surface area contributed by atoms with Gasteiger partial charge in [0.05, 0.1) is 10.9 Å². The Hall–Kier alpha value is -4.30. The van der Waals surface area contributed by atoms with Crippen molar-refractivity contribution in [2.24, 2.45) is 0 Å². The molecular formula is C30H19NO. The smallest absolute Gasteiger partial charge is 0.145 e. The third-order valence-corrected chi connectivity index (χ3v) is 6.42. The van der Waals surface area contributed by atoms with Crippen molar-refractivity contribution in [2.45, 2.75) is 0 Å². The summed E-state index contributed by atoms with van der Waals surface area (Å²) in [5.74, 6) is 0. The molecule has 0 aliphatic heterocycles. The van der Waals surface area contributed by atoms with E-state index in [0.29, 0.717) is 0 Å². The molecule has 5 aromatic carbocycles. The molecule has 0 aliphatic carbocycles. The summed E-state index contributed by atoms with van der Waals surface area (Å²) in [4.78, 5) is 3.58. The summed E-state index contributed by atoms with van der Waals surface area (Å²) in [6, 6.07) is 38.3. The van der Waals surface area contributed by atoms with Gasteiger partial charge in [-0.1, -0.05) is 78.9 Å². The van der Waals surface area contributed by atoms with E-state index < -0.39 is 0 Å². The minimum absolute atomic E-state index is 0.919. The lowest BCUT2D eigenvalue weighted by molar-refractivity contribution is 0.673. The number of aromatic amines is 1. The summed E-state index contributed by atoms with van der Waals surface area (Å²) in [6.45, 7) is 0. The number of furan rings is 1. The second-order valence-electron chi connectivity index (χ2n) is 8.26. The molecule has 0 radical (unpaired) electrons. The molecule has 2 heterocycles. The Morgan fingerprint density at radius 2 is 1.25 bits per heavy atom. The van der Waals surface area contributed by atoms with Crippen LogP contribution < -0.4 is 0 Å². The quantitative estimate of drug-likeness (QED) is 0.304. The van der Waals surface area contributed by atoms with E-state index >= 15 is 0 Å². The van der Waals surface area contributed by atoms with Crippen LogP contribution in [0.4, 0.5) is 0 Å². The van der Waals surface area contributed by atoms with E-state index in [-0.39, 0.29) is 0 Å². The van der Waals surface area contributed by atoms with Crippen LogP contribution in [0.15, 0.2) is 114 Å². The summed E-state index contributed by atoms with van der Waals surface area (Å²) >= 11 is 0. The fourth-order valence-electron chi connectivity index (χ4n) is 4.93. The highest BCUT2D eigenvalue weighted by molar-refractivity contribution is 6.25. The predicted molar refractivity (Wildman–Crippen MR) is 134 cm³/mol. The van der Waals surface area contributed by atoms with Crippen molar-refractivity contribution in [1.82, 2.24) is 4.98 Å². The van der Waals surface area contributed by atoms with E-state index in [0.717, 1.165) is 33.0 Å². The van der Waals surface area contributed by atoms with E-state index in [1.165, 1.54) is 33.0 Å². The molecule has 0 amide bonds. The normalized spacial score (nSPS) is 11.8. The molecule has 0 spiro atoms. The van der Waals surface area contributed by atoms with Gasteiger partial charge in [0.1, 0.15) is 11.2 Å². The van der Waals surface area contributed by atoms with E-state index in [1.54, 1.807) is 0 Å². The first-order valence-electron chi connectivity index (χ1n) is 10.9. The molecule has 7 aromatic rings. The van der Waals surface area contributed by atoms with Gasteiger partial charge in [-0.05, 0) is 52.6 Å². The van der Waals surface area contributed by atoms with Crippen molar-refractivity contribution in [2.75, 3.05) is 0 Å². The van der Waals surface area contributed by atoms with Crippen LogP contribution in [-0.2, 0) is 0 Å². The molecule has 150 valence electrons. The van der Waals surface area contributed by atoms with Crippen molar-refractivity contribution in [1.29, 1.82) is 0 Å². The van der Waals surface area contributed by atoms with Gasteiger partial charge in [0.2, 0.25) is 0 Å². The molecule has 7 rings (SSSR count). The van der Waals surface area contributed by atoms with Gasteiger partial charge in [0, 0.05) is 21.7 Å². The van der Waals surface area contributed by atoms with Gasteiger partial charge in [-0.25, -0.2) is 0 Å². The molecule has 0 saturated heterocycles. The molecule has 0 aliphatic rings. The molecule has 0 bridgehead atoms. The minimum atomic E-state index is 0.919. The molecule has 0 fully saturated rings. The first-order valence-corrected chi connectivity index (χ1v) is 10.9. The van der Waals surface area contributed by atoms with Crippen LogP contribution in [0.25, 0.3) is 66.0 Å². The van der Waals surface area contributed by atoms with Gasteiger partial charge in [-0.15, -0.1) is 0 Å². The van der Waals surface area contributed by atoms with E-state index in [9.17, 15) is 0 Å². The lowest BCUT2D eigenvalue weighted by atomic mass is 9.98. The molecule has 0 saturated carbocycles. The van der Waals surface area contributed by atoms with Gasteiger partial charge in [0.25, 0.3) is 0 Å². The Morgan fingerprint density at radius 1 is 0.500 bits per heavy atom. The highest BCUT2D eigenvalue weighted by atomic mass is 16.3. The number of benzene rings is 5. The first-order chi connectivity index (χ1) is 15.9. The molecular weight excluding hydrogens is 390 g/mol. The highest BCUT2D eigenvalue weighted by Crippen LogP contribution is 2.42. The predicted octanol–water partition coefficient (Wildman–Crippen LogP) is 8.55.